The number of carbonyl (C=O) groups excluding carboxylic acids is 2. The summed E-state index contributed by atoms with van der Waals surface area (Å²) in [6.07, 6.45) is 3.58. The van der Waals surface area contributed by atoms with Gasteiger partial charge in [-0.05, 0) is 63.9 Å². The summed E-state index contributed by atoms with van der Waals surface area (Å²) in [5, 5.41) is 12.5. The first-order valence-electron chi connectivity index (χ1n) is 11.6. The molecule has 32 heavy (non-hydrogen) atoms. The Morgan fingerprint density at radius 2 is 2.12 bits per heavy atom. The maximum atomic E-state index is 12.9. The summed E-state index contributed by atoms with van der Waals surface area (Å²) in [7, 11) is 0. The highest BCUT2D eigenvalue weighted by atomic mass is 32.2. The van der Waals surface area contributed by atoms with Crippen molar-refractivity contribution in [1.29, 1.82) is 5.26 Å². The van der Waals surface area contributed by atoms with Gasteiger partial charge in [0.2, 0.25) is 5.91 Å². The highest BCUT2D eigenvalue weighted by Crippen LogP contribution is 2.37. The first kappa shape index (κ1) is 24.4. The van der Waals surface area contributed by atoms with Crippen LogP contribution in [0.4, 0.5) is 5.69 Å². The Kier molecular flexibility index (Phi) is 9.24. The quantitative estimate of drug-likeness (QED) is 0.508. The summed E-state index contributed by atoms with van der Waals surface area (Å²) < 4.78 is 5.01. The van der Waals surface area contributed by atoms with Crippen LogP contribution < -0.4 is 5.32 Å². The van der Waals surface area contributed by atoms with E-state index in [9.17, 15) is 14.9 Å². The van der Waals surface area contributed by atoms with Crippen LogP contribution in [0.5, 0.6) is 0 Å². The van der Waals surface area contributed by atoms with Crippen LogP contribution in [0.25, 0.3) is 0 Å². The average Bonchev–Trinajstić information content (AvgIpc) is 3.40. The van der Waals surface area contributed by atoms with Crippen molar-refractivity contribution in [3.05, 3.63) is 29.8 Å². The molecule has 3 atom stereocenters. The zero-order valence-electron chi connectivity index (χ0n) is 19.1. The van der Waals surface area contributed by atoms with E-state index in [4.69, 9.17) is 4.74 Å². The van der Waals surface area contributed by atoms with E-state index in [1.165, 1.54) is 31.5 Å². The zero-order chi connectivity index (χ0) is 22.9. The van der Waals surface area contributed by atoms with Crippen LogP contribution in [0.15, 0.2) is 24.3 Å². The van der Waals surface area contributed by atoms with Gasteiger partial charge in [-0.15, -0.1) is 11.8 Å². The molecule has 8 heteroatoms. The zero-order valence-corrected chi connectivity index (χ0v) is 19.9. The lowest BCUT2D eigenvalue weighted by Crippen LogP contribution is -2.36. The van der Waals surface area contributed by atoms with E-state index in [-0.39, 0.29) is 23.1 Å². The molecule has 3 unspecified atom stereocenters. The highest BCUT2D eigenvalue weighted by Gasteiger charge is 2.41. The van der Waals surface area contributed by atoms with Crippen LogP contribution in [0.3, 0.4) is 0 Å². The van der Waals surface area contributed by atoms with Gasteiger partial charge in [0.1, 0.15) is 5.92 Å². The number of nitriles is 1. The minimum atomic E-state index is -0.843. The van der Waals surface area contributed by atoms with Crippen molar-refractivity contribution in [2.75, 3.05) is 38.1 Å². The molecule has 1 N–H and O–H groups in total. The number of rotatable bonds is 11. The van der Waals surface area contributed by atoms with Gasteiger partial charge in [0, 0.05) is 31.7 Å². The fourth-order valence-electron chi connectivity index (χ4n) is 4.35. The molecule has 2 aliphatic rings. The van der Waals surface area contributed by atoms with Gasteiger partial charge in [0.25, 0.3) is 0 Å². The monoisotopic (exact) mass is 458 g/mol. The summed E-state index contributed by atoms with van der Waals surface area (Å²) in [5.41, 5.74) is 2.38. The SMILES string of the molecule is CCOC(=O)C(C#N)CC1SC(CCNc2cccc(CN3CCCC3)c2)C(=O)N1CC. The van der Waals surface area contributed by atoms with Crippen molar-refractivity contribution >= 4 is 29.3 Å². The minimum Gasteiger partial charge on any atom is -0.465 e. The van der Waals surface area contributed by atoms with Crippen LogP contribution in [0.2, 0.25) is 0 Å². The van der Waals surface area contributed by atoms with E-state index in [2.05, 4.69) is 34.5 Å². The molecule has 0 aromatic heterocycles. The molecule has 7 nitrogen and oxygen atoms in total. The Morgan fingerprint density at radius 3 is 2.81 bits per heavy atom. The van der Waals surface area contributed by atoms with Crippen LogP contribution >= 0.6 is 11.8 Å². The number of benzene rings is 1. The summed E-state index contributed by atoms with van der Waals surface area (Å²) in [6.45, 7) is 8.51. The topological polar surface area (TPSA) is 85.7 Å². The molecule has 1 aromatic carbocycles. The number of hydrogen-bond acceptors (Lipinski definition) is 7. The number of hydrogen-bond donors (Lipinski definition) is 1. The second-order valence-electron chi connectivity index (χ2n) is 8.27. The lowest BCUT2D eigenvalue weighted by atomic mass is 10.1. The molecule has 3 rings (SSSR count). The van der Waals surface area contributed by atoms with Gasteiger partial charge in [-0.25, -0.2) is 0 Å². The highest BCUT2D eigenvalue weighted by molar-refractivity contribution is 8.01. The van der Waals surface area contributed by atoms with Crippen molar-refractivity contribution in [1.82, 2.24) is 9.80 Å². The predicted molar refractivity (Wildman–Crippen MR) is 127 cm³/mol. The third-order valence-corrected chi connectivity index (χ3v) is 7.53. The van der Waals surface area contributed by atoms with E-state index >= 15 is 0 Å². The van der Waals surface area contributed by atoms with Crippen molar-refractivity contribution in [3.63, 3.8) is 0 Å². The third kappa shape index (κ3) is 6.39. The average molecular weight is 459 g/mol. The smallest absolute Gasteiger partial charge is 0.323 e. The van der Waals surface area contributed by atoms with Gasteiger partial charge in [-0.1, -0.05) is 12.1 Å². The van der Waals surface area contributed by atoms with E-state index in [0.717, 1.165) is 12.2 Å². The molecule has 0 spiro atoms. The van der Waals surface area contributed by atoms with Gasteiger partial charge in [-0.3, -0.25) is 14.5 Å². The molecule has 1 aromatic rings. The molecule has 0 bridgehead atoms. The summed E-state index contributed by atoms with van der Waals surface area (Å²) in [4.78, 5) is 29.2. The second kappa shape index (κ2) is 12.1. The number of nitrogens with one attached hydrogen (secondary N) is 1. The van der Waals surface area contributed by atoms with Crippen LogP contribution in [0.1, 0.15) is 45.1 Å². The number of thioether (sulfide) groups is 1. The third-order valence-electron chi connectivity index (χ3n) is 6.00. The fourth-order valence-corrected chi connectivity index (χ4v) is 5.94. The van der Waals surface area contributed by atoms with Crippen LogP contribution in [0, 0.1) is 17.2 Å². The Bertz CT molecular complexity index is 822. The van der Waals surface area contributed by atoms with E-state index in [1.54, 1.807) is 23.6 Å². The molecule has 0 radical (unpaired) electrons. The summed E-state index contributed by atoms with van der Waals surface area (Å²) in [6, 6.07) is 10.5. The van der Waals surface area contributed by atoms with E-state index in [0.29, 0.717) is 25.9 Å². The standard InChI is InChI=1S/C24H34N4O3S/c1-3-28-22(15-19(16-25)24(30)31-4-2)32-21(23(28)29)10-11-26-20-9-7-8-18(14-20)17-27-12-5-6-13-27/h7-9,14,19,21-22,26H,3-6,10-13,15,17H2,1-2H3. The van der Waals surface area contributed by atoms with Crippen molar-refractivity contribution in [2.24, 2.45) is 5.92 Å². The number of esters is 1. The number of carbonyl (C=O) groups is 2. The summed E-state index contributed by atoms with van der Waals surface area (Å²) in [5.74, 6) is -1.25. The predicted octanol–water partition coefficient (Wildman–Crippen LogP) is 3.47. The molecule has 2 aliphatic heterocycles. The Morgan fingerprint density at radius 1 is 1.34 bits per heavy atom. The lowest BCUT2D eigenvalue weighted by Gasteiger charge is -2.23. The molecular weight excluding hydrogens is 424 g/mol. The lowest BCUT2D eigenvalue weighted by molar-refractivity contribution is -0.146. The minimum absolute atomic E-state index is 0.0904. The van der Waals surface area contributed by atoms with Crippen molar-refractivity contribution < 1.29 is 14.3 Å². The molecule has 0 saturated carbocycles. The maximum absolute atomic E-state index is 12.9. The summed E-state index contributed by atoms with van der Waals surface area (Å²) >= 11 is 1.56. The molecule has 174 valence electrons. The molecular formula is C24H34N4O3S. The number of anilines is 1. The van der Waals surface area contributed by atoms with Crippen molar-refractivity contribution in [3.8, 4) is 6.07 Å². The van der Waals surface area contributed by atoms with Gasteiger partial charge >= 0.3 is 5.97 Å². The van der Waals surface area contributed by atoms with Crippen LogP contribution in [-0.2, 0) is 20.9 Å². The van der Waals surface area contributed by atoms with Gasteiger partial charge < -0.3 is 15.0 Å². The number of nitrogens with zero attached hydrogens (tertiary/aromatic N) is 3. The first-order chi connectivity index (χ1) is 15.5. The Balaban J connectivity index is 1.51. The Hall–Kier alpha value is -2.24. The molecule has 2 fully saturated rings. The van der Waals surface area contributed by atoms with Gasteiger partial charge in [0.05, 0.1) is 23.3 Å². The van der Waals surface area contributed by atoms with E-state index in [1.807, 2.05) is 13.0 Å². The normalized spacial score (nSPS) is 22.0. The van der Waals surface area contributed by atoms with Gasteiger partial charge in [-0.2, -0.15) is 5.26 Å². The molecule has 2 heterocycles. The number of amides is 1. The van der Waals surface area contributed by atoms with Crippen LogP contribution in [-0.4, -0.2) is 65.1 Å². The Labute approximate surface area is 195 Å². The first-order valence-corrected chi connectivity index (χ1v) is 12.6. The van der Waals surface area contributed by atoms with Crippen molar-refractivity contribution in [2.45, 2.75) is 56.7 Å². The maximum Gasteiger partial charge on any atom is 0.323 e. The number of ether oxygens (including phenoxy) is 1. The molecule has 1 amide bonds. The van der Waals surface area contributed by atoms with E-state index < -0.39 is 11.9 Å². The largest absolute Gasteiger partial charge is 0.465 e. The van der Waals surface area contributed by atoms with Gasteiger partial charge in [0.15, 0.2) is 0 Å². The molecule has 2 saturated heterocycles. The molecule has 0 aliphatic carbocycles. The number of likely N-dealkylation sites (tertiary alicyclic amines) is 1. The fraction of sp³-hybridized carbons (Fsp3) is 0.625. The second-order valence-corrected chi connectivity index (χ2v) is 9.66.